The van der Waals surface area contributed by atoms with Crippen molar-refractivity contribution in [1.29, 1.82) is 0 Å². The predicted octanol–water partition coefficient (Wildman–Crippen LogP) is 0.0985. The summed E-state index contributed by atoms with van der Waals surface area (Å²) in [4.78, 5) is 13.3. The third-order valence-corrected chi connectivity index (χ3v) is 2.78. The molecule has 11 heavy (non-hydrogen) atoms. The molecule has 0 spiro atoms. The van der Waals surface area contributed by atoms with Gasteiger partial charge in [-0.3, -0.25) is 4.79 Å². The minimum atomic E-state index is 0.0833. The second kappa shape index (κ2) is 1.97. The van der Waals surface area contributed by atoms with Crippen LogP contribution >= 0.6 is 0 Å². The minimum Gasteiger partial charge on any atom is -0.336 e. The van der Waals surface area contributed by atoms with Gasteiger partial charge in [0.1, 0.15) is 0 Å². The van der Waals surface area contributed by atoms with Gasteiger partial charge >= 0.3 is 0 Å². The number of hydrogen-bond acceptors (Lipinski definition) is 2. The Balaban J connectivity index is 2.09. The van der Waals surface area contributed by atoms with Crippen molar-refractivity contribution in [2.45, 2.75) is 37.8 Å². The van der Waals surface area contributed by atoms with Crippen LogP contribution in [0.1, 0.15) is 26.2 Å². The third kappa shape index (κ3) is 1.03. The van der Waals surface area contributed by atoms with Crippen LogP contribution in [0.15, 0.2) is 0 Å². The molecule has 62 valence electrons. The van der Waals surface area contributed by atoms with Gasteiger partial charge in [-0.2, -0.15) is 0 Å². The van der Waals surface area contributed by atoms with Gasteiger partial charge in [0.05, 0.1) is 0 Å². The molecule has 1 saturated heterocycles. The Morgan fingerprint density at radius 3 is 2.64 bits per heavy atom. The average molecular weight is 154 g/mol. The Labute approximate surface area is 66.5 Å². The summed E-state index contributed by atoms with van der Waals surface area (Å²) in [5, 5.41) is 0. The maximum atomic E-state index is 11.3. The van der Waals surface area contributed by atoms with Crippen molar-refractivity contribution in [2.75, 3.05) is 6.54 Å². The van der Waals surface area contributed by atoms with Gasteiger partial charge in [0.25, 0.3) is 0 Å². The molecule has 1 saturated carbocycles. The number of nitrogens with zero attached hydrogens (tertiary/aromatic N) is 1. The number of carbonyl (C=O) groups excluding carboxylic acids is 1. The number of hydrogen-bond donors (Lipinski definition) is 1. The van der Waals surface area contributed by atoms with Crippen LogP contribution in [0, 0.1) is 0 Å². The maximum absolute atomic E-state index is 11.3. The predicted molar refractivity (Wildman–Crippen MR) is 41.9 cm³/mol. The van der Waals surface area contributed by atoms with E-state index in [1.165, 1.54) is 0 Å². The highest BCUT2D eigenvalue weighted by Gasteiger charge is 2.48. The monoisotopic (exact) mass is 154 g/mol. The standard InChI is InChI=1S/C8H14N2O/c1-8(2-3-8)10-5-6(9)4-7(10)11/h6H,2-5,9H2,1H3. The van der Waals surface area contributed by atoms with Crippen LogP contribution in [0.5, 0.6) is 0 Å². The molecule has 0 bridgehead atoms. The Hall–Kier alpha value is -0.570. The van der Waals surface area contributed by atoms with Gasteiger partial charge in [-0.05, 0) is 19.8 Å². The molecule has 3 heteroatoms. The minimum absolute atomic E-state index is 0.0833. The summed E-state index contributed by atoms with van der Waals surface area (Å²) >= 11 is 0. The maximum Gasteiger partial charge on any atom is 0.224 e. The van der Waals surface area contributed by atoms with Gasteiger partial charge in [0.15, 0.2) is 0 Å². The van der Waals surface area contributed by atoms with Gasteiger partial charge in [0, 0.05) is 24.5 Å². The molecule has 0 aromatic rings. The van der Waals surface area contributed by atoms with E-state index in [9.17, 15) is 4.79 Å². The summed E-state index contributed by atoms with van der Waals surface area (Å²) in [6.07, 6.45) is 2.87. The van der Waals surface area contributed by atoms with Crippen molar-refractivity contribution in [3.8, 4) is 0 Å². The third-order valence-electron chi connectivity index (χ3n) is 2.78. The lowest BCUT2D eigenvalue weighted by Crippen LogP contribution is -2.37. The number of likely N-dealkylation sites (tertiary alicyclic amines) is 1. The molecule has 0 aromatic carbocycles. The van der Waals surface area contributed by atoms with E-state index in [4.69, 9.17) is 5.73 Å². The lowest BCUT2D eigenvalue weighted by Gasteiger charge is -2.23. The number of rotatable bonds is 1. The second-order valence-corrected chi connectivity index (χ2v) is 3.97. The van der Waals surface area contributed by atoms with E-state index in [1.807, 2.05) is 4.90 Å². The van der Waals surface area contributed by atoms with Gasteiger partial charge < -0.3 is 10.6 Å². The molecule has 1 heterocycles. The number of amides is 1. The average Bonchev–Trinajstić information content (AvgIpc) is 2.55. The van der Waals surface area contributed by atoms with E-state index in [0.717, 1.165) is 19.4 Å². The Bertz CT molecular complexity index is 198. The lowest BCUT2D eigenvalue weighted by atomic mass is 10.3. The van der Waals surface area contributed by atoms with Crippen LogP contribution in [-0.4, -0.2) is 28.9 Å². The Morgan fingerprint density at radius 1 is 1.64 bits per heavy atom. The Kier molecular flexibility index (Phi) is 1.27. The van der Waals surface area contributed by atoms with Crippen LogP contribution in [0.25, 0.3) is 0 Å². The van der Waals surface area contributed by atoms with Crippen LogP contribution in [0.4, 0.5) is 0 Å². The van der Waals surface area contributed by atoms with E-state index in [-0.39, 0.29) is 17.5 Å². The zero-order valence-electron chi connectivity index (χ0n) is 6.84. The van der Waals surface area contributed by atoms with Crippen molar-refractivity contribution in [2.24, 2.45) is 5.73 Å². The highest BCUT2D eigenvalue weighted by molar-refractivity contribution is 5.80. The van der Waals surface area contributed by atoms with Crippen LogP contribution < -0.4 is 5.73 Å². The topological polar surface area (TPSA) is 46.3 Å². The van der Waals surface area contributed by atoms with Crippen LogP contribution in [0.3, 0.4) is 0 Å². The molecule has 1 unspecified atom stereocenters. The molecule has 2 rings (SSSR count). The summed E-state index contributed by atoms with van der Waals surface area (Å²) < 4.78 is 0. The molecular formula is C8H14N2O. The molecule has 2 N–H and O–H groups in total. The smallest absolute Gasteiger partial charge is 0.224 e. The number of nitrogens with two attached hydrogens (primary N) is 1. The molecule has 0 radical (unpaired) electrons. The first-order valence-electron chi connectivity index (χ1n) is 4.18. The molecule has 2 fully saturated rings. The highest BCUT2D eigenvalue weighted by atomic mass is 16.2. The van der Waals surface area contributed by atoms with Crippen molar-refractivity contribution < 1.29 is 4.79 Å². The number of carbonyl (C=O) groups is 1. The normalized spacial score (nSPS) is 34.5. The van der Waals surface area contributed by atoms with Crippen molar-refractivity contribution in [3.63, 3.8) is 0 Å². The summed E-state index contributed by atoms with van der Waals surface area (Å²) in [6.45, 7) is 2.91. The fourth-order valence-electron chi connectivity index (χ4n) is 1.71. The van der Waals surface area contributed by atoms with Crippen molar-refractivity contribution in [3.05, 3.63) is 0 Å². The summed E-state index contributed by atoms with van der Waals surface area (Å²) in [5.74, 6) is 0.248. The van der Waals surface area contributed by atoms with Gasteiger partial charge in [-0.15, -0.1) is 0 Å². The molecule has 1 aliphatic carbocycles. The summed E-state index contributed by atoms with van der Waals surface area (Å²) in [7, 11) is 0. The fourth-order valence-corrected chi connectivity index (χ4v) is 1.71. The van der Waals surface area contributed by atoms with E-state index in [1.54, 1.807) is 0 Å². The zero-order chi connectivity index (χ0) is 8.06. The van der Waals surface area contributed by atoms with E-state index in [0.29, 0.717) is 6.42 Å². The molecule has 1 aliphatic heterocycles. The van der Waals surface area contributed by atoms with Gasteiger partial charge in [-0.1, -0.05) is 0 Å². The first-order chi connectivity index (χ1) is 5.12. The highest BCUT2D eigenvalue weighted by Crippen LogP contribution is 2.42. The molecule has 3 nitrogen and oxygen atoms in total. The summed E-state index contributed by atoms with van der Waals surface area (Å²) in [6, 6.07) is 0.0833. The molecule has 1 atom stereocenters. The molecular weight excluding hydrogens is 140 g/mol. The molecule has 1 amide bonds. The summed E-state index contributed by atoms with van der Waals surface area (Å²) in [5.41, 5.74) is 5.86. The van der Waals surface area contributed by atoms with Crippen molar-refractivity contribution >= 4 is 5.91 Å². The first kappa shape index (κ1) is 7.10. The van der Waals surface area contributed by atoms with Gasteiger partial charge in [0.2, 0.25) is 5.91 Å². The molecule has 2 aliphatic rings. The SMILES string of the molecule is CC1(N2CC(N)CC2=O)CC1. The van der Waals surface area contributed by atoms with Crippen LogP contribution in [0.2, 0.25) is 0 Å². The fraction of sp³-hybridized carbons (Fsp3) is 0.875. The zero-order valence-corrected chi connectivity index (χ0v) is 6.84. The van der Waals surface area contributed by atoms with Crippen LogP contribution in [-0.2, 0) is 4.79 Å². The van der Waals surface area contributed by atoms with E-state index >= 15 is 0 Å². The first-order valence-corrected chi connectivity index (χ1v) is 4.18. The Morgan fingerprint density at radius 2 is 2.27 bits per heavy atom. The van der Waals surface area contributed by atoms with Crippen molar-refractivity contribution in [1.82, 2.24) is 4.90 Å². The second-order valence-electron chi connectivity index (χ2n) is 3.97. The van der Waals surface area contributed by atoms with E-state index in [2.05, 4.69) is 6.92 Å². The van der Waals surface area contributed by atoms with E-state index < -0.39 is 0 Å². The lowest BCUT2D eigenvalue weighted by molar-refractivity contribution is -0.130. The largest absolute Gasteiger partial charge is 0.336 e. The molecule has 0 aromatic heterocycles. The quantitative estimate of drug-likeness (QED) is 0.582. The van der Waals surface area contributed by atoms with Gasteiger partial charge in [-0.25, -0.2) is 0 Å².